The molecule has 0 spiro atoms. The number of carbonyl (C=O) groups excluding carboxylic acids is 1. The molecule has 0 radical (unpaired) electrons. The molecular formula is C17H22N4O2S. The van der Waals surface area contributed by atoms with Gasteiger partial charge < -0.3 is 14.6 Å². The minimum absolute atomic E-state index is 0.151. The van der Waals surface area contributed by atoms with E-state index in [0.29, 0.717) is 17.1 Å². The van der Waals surface area contributed by atoms with Crippen LogP contribution < -0.4 is 5.32 Å². The molecule has 3 rings (SSSR count). The third-order valence-electron chi connectivity index (χ3n) is 4.36. The molecule has 1 amide bonds. The van der Waals surface area contributed by atoms with Gasteiger partial charge in [-0.15, -0.1) is 0 Å². The highest BCUT2D eigenvalue weighted by molar-refractivity contribution is 7.71. The highest BCUT2D eigenvalue weighted by Gasteiger charge is 2.27. The van der Waals surface area contributed by atoms with Crippen LogP contribution in [0.1, 0.15) is 43.2 Å². The fourth-order valence-electron chi connectivity index (χ4n) is 2.93. The summed E-state index contributed by atoms with van der Waals surface area (Å²) in [4.78, 5) is 12.7. The van der Waals surface area contributed by atoms with Crippen molar-refractivity contribution < 1.29 is 9.53 Å². The van der Waals surface area contributed by atoms with E-state index in [1.807, 2.05) is 37.4 Å². The first-order chi connectivity index (χ1) is 11.6. The zero-order valence-electron chi connectivity index (χ0n) is 13.7. The fourth-order valence-corrected chi connectivity index (χ4v) is 3.08. The number of aromatic amines is 1. The minimum atomic E-state index is -0.596. The summed E-state index contributed by atoms with van der Waals surface area (Å²) in [6.45, 7) is 0.305. The van der Waals surface area contributed by atoms with Crippen molar-refractivity contribution in [1.29, 1.82) is 0 Å². The van der Waals surface area contributed by atoms with E-state index in [1.165, 1.54) is 12.8 Å². The molecule has 1 aromatic heterocycles. The SMILES string of the molecule is Cn1c(CNC(=O)C(OC2CCCC2)c2ccccc2)n[nH]c1=S. The monoisotopic (exact) mass is 346 g/mol. The molecule has 1 atom stereocenters. The van der Waals surface area contributed by atoms with Gasteiger partial charge in [0.1, 0.15) is 0 Å². The fraction of sp³-hybridized carbons (Fsp3) is 0.471. The Kier molecular flexibility index (Phi) is 5.42. The average Bonchev–Trinajstić information content (AvgIpc) is 3.23. The van der Waals surface area contributed by atoms with Gasteiger partial charge in [-0.25, -0.2) is 0 Å². The number of nitrogens with one attached hydrogen (secondary N) is 2. The van der Waals surface area contributed by atoms with E-state index in [0.717, 1.165) is 18.4 Å². The van der Waals surface area contributed by atoms with Crippen LogP contribution in [0.25, 0.3) is 0 Å². The Morgan fingerprint density at radius 1 is 1.42 bits per heavy atom. The van der Waals surface area contributed by atoms with Crippen LogP contribution in [0.15, 0.2) is 30.3 Å². The van der Waals surface area contributed by atoms with E-state index in [-0.39, 0.29) is 12.0 Å². The third-order valence-corrected chi connectivity index (χ3v) is 4.73. The predicted octanol–water partition coefficient (Wildman–Crippen LogP) is 2.79. The lowest BCUT2D eigenvalue weighted by atomic mass is 10.1. The van der Waals surface area contributed by atoms with Crippen molar-refractivity contribution >= 4 is 18.1 Å². The number of ether oxygens (including phenoxy) is 1. The summed E-state index contributed by atoms with van der Waals surface area (Å²) in [5, 5.41) is 9.74. The molecule has 128 valence electrons. The van der Waals surface area contributed by atoms with Crippen molar-refractivity contribution in [3.05, 3.63) is 46.5 Å². The van der Waals surface area contributed by atoms with Crippen molar-refractivity contribution in [2.45, 2.75) is 44.4 Å². The molecule has 2 N–H and O–H groups in total. The van der Waals surface area contributed by atoms with Crippen LogP contribution in [0.3, 0.4) is 0 Å². The van der Waals surface area contributed by atoms with Crippen LogP contribution in [0.5, 0.6) is 0 Å². The van der Waals surface area contributed by atoms with Gasteiger partial charge in [0, 0.05) is 7.05 Å². The first-order valence-electron chi connectivity index (χ1n) is 8.23. The van der Waals surface area contributed by atoms with Crippen LogP contribution in [-0.4, -0.2) is 26.8 Å². The summed E-state index contributed by atoms with van der Waals surface area (Å²) in [6, 6.07) is 9.63. The molecule has 1 heterocycles. The van der Waals surface area contributed by atoms with Gasteiger partial charge in [-0.1, -0.05) is 43.2 Å². The Hall–Kier alpha value is -1.99. The lowest BCUT2D eigenvalue weighted by Gasteiger charge is -2.22. The van der Waals surface area contributed by atoms with E-state index >= 15 is 0 Å². The molecule has 6 nitrogen and oxygen atoms in total. The smallest absolute Gasteiger partial charge is 0.254 e. The van der Waals surface area contributed by atoms with Crippen LogP contribution in [0.4, 0.5) is 0 Å². The topological polar surface area (TPSA) is 71.9 Å². The normalized spacial score (nSPS) is 16.2. The number of hydrogen-bond donors (Lipinski definition) is 2. The number of rotatable bonds is 6. The van der Waals surface area contributed by atoms with E-state index < -0.39 is 6.10 Å². The van der Waals surface area contributed by atoms with Gasteiger partial charge in [-0.05, 0) is 30.6 Å². The maximum absolute atomic E-state index is 12.7. The summed E-state index contributed by atoms with van der Waals surface area (Å²) < 4.78 is 8.39. The number of H-pyrrole nitrogens is 1. The molecule has 0 aliphatic heterocycles. The van der Waals surface area contributed by atoms with E-state index in [1.54, 1.807) is 4.57 Å². The number of aromatic nitrogens is 3. The molecule has 1 fully saturated rings. The molecular weight excluding hydrogens is 324 g/mol. The quantitative estimate of drug-likeness (QED) is 0.789. The van der Waals surface area contributed by atoms with E-state index in [2.05, 4.69) is 15.5 Å². The van der Waals surface area contributed by atoms with Gasteiger partial charge in [-0.2, -0.15) is 5.10 Å². The zero-order chi connectivity index (χ0) is 16.9. The van der Waals surface area contributed by atoms with Crippen LogP contribution in [0, 0.1) is 4.77 Å². The van der Waals surface area contributed by atoms with Gasteiger partial charge >= 0.3 is 0 Å². The second-order valence-electron chi connectivity index (χ2n) is 6.06. The lowest BCUT2D eigenvalue weighted by molar-refractivity contribution is -0.137. The molecule has 1 saturated carbocycles. The molecule has 0 bridgehead atoms. The molecule has 7 heteroatoms. The largest absolute Gasteiger partial charge is 0.360 e. The minimum Gasteiger partial charge on any atom is -0.360 e. The van der Waals surface area contributed by atoms with E-state index in [9.17, 15) is 4.79 Å². The Morgan fingerprint density at radius 2 is 2.12 bits per heavy atom. The van der Waals surface area contributed by atoms with Crippen LogP contribution >= 0.6 is 12.2 Å². The van der Waals surface area contributed by atoms with Crippen LogP contribution in [0.2, 0.25) is 0 Å². The number of hydrogen-bond acceptors (Lipinski definition) is 4. The Labute approximate surface area is 146 Å². The summed E-state index contributed by atoms with van der Waals surface area (Å²) in [5.41, 5.74) is 0.872. The highest BCUT2D eigenvalue weighted by atomic mass is 32.1. The maximum Gasteiger partial charge on any atom is 0.254 e. The van der Waals surface area contributed by atoms with Gasteiger partial charge in [-0.3, -0.25) is 9.89 Å². The second-order valence-corrected chi connectivity index (χ2v) is 6.44. The van der Waals surface area contributed by atoms with Crippen molar-refractivity contribution in [2.24, 2.45) is 7.05 Å². The van der Waals surface area contributed by atoms with Gasteiger partial charge in [0.15, 0.2) is 16.7 Å². The summed E-state index contributed by atoms with van der Waals surface area (Å²) >= 11 is 5.09. The van der Waals surface area contributed by atoms with Crippen molar-refractivity contribution in [3.8, 4) is 0 Å². The number of nitrogens with zero attached hydrogens (tertiary/aromatic N) is 2. The lowest BCUT2D eigenvalue weighted by Crippen LogP contribution is -2.33. The predicted molar refractivity (Wildman–Crippen MR) is 92.8 cm³/mol. The highest BCUT2D eigenvalue weighted by Crippen LogP contribution is 2.28. The molecule has 0 saturated heterocycles. The Morgan fingerprint density at radius 3 is 2.75 bits per heavy atom. The molecule has 1 aliphatic rings. The van der Waals surface area contributed by atoms with E-state index in [4.69, 9.17) is 17.0 Å². The molecule has 2 aromatic rings. The summed E-state index contributed by atoms with van der Waals surface area (Å²) in [5.74, 6) is 0.531. The summed E-state index contributed by atoms with van der Waals surface area (Å²) in [7, 11) is 1.82. The Balaban J connectivity index is 1.70. The third kappa shape index (κ3) is 3.91. The first-order valence-corrected chi connectivity index (χ1v) is 8.64. The standard InChI is InChI=1S/C17H22N4O2S/c1-21-14(19-20-17(21)24)11-18-16(22)15(12-7-3-2-4-8-12)23-13-9-5-6-10-13/h2-4,7-8,13,15H,5-6,9-11H2,1H3,(H,18,22)(H,20,24). The van der Waals surface area contributed by atoms with Gasteiger partial charge in [0.25, 0.3) is 5.91 Å². The number of benzene rings is 1. The molecule has 1 unspecified atom stereocenters. The zero-order valence-corrected chi connectivity index (χ0v) is 14.5. The molecule has 24 heavy (non-hydrogen) atoms. The van der Waals surface area contributed by atoms with Crippen molar-refractivity contribution in [1.82, 2.24) is 20.1 Å². The van der Waals surface area contributed by atoms with Crippen LogP contribution in [-0.2, 0) is 23.1 Å². The van der Waals surface area contributed by atoms with Crippen molar-refractivity contribution in [3.63, 3.8) is 0 Å². The maximum atomic E-state index is 12.7. The number of carbonyl (C=O) groups is 1. The first kappa shape index (κ1) is 16.9. The van der Waals surface area contributed by atoms with Crippen molar-refractivity contribution in [2.75, 3.05) is 0 Å². The second kappa shape index (κ2) is 7.72. The van der Waals surface area contributed by atoms with Gasteiger partial charge in [0.05, 0.1) is 12.6 Å². The molecule has 1 aliphatic carbocycles. The molecule has 1 aromatic carbocycles. The summed E-state index contributed by atoms with van der Waals surface area (Å²) in [6.07, 6.45) is 3.93. The number of amides is 1. The Bertz CT molecular complexity index is 735. The average molecular weight is 346 g/mol. The van der Waals surface area contributed by atoms with Gasteiger partial charge in [0.2, 0.25) is 0 Å².